The third-order valence-corrected chi connectivity index (χ3v) is 4.14. The Labute approximate surface area is 160 Å². The van der Waals surface area contributed by atoms with Crippen LogP contribution >= 0.6 is 11.6 Å². The van der Waals surface area contributed by atoms with Crippen LogP contribution in [0.25, 0.3) is 11.1 Å². The molecule has 132 valence electrons. The SMILES string of the molecule is N#Cc1c(N)[nH]c(=O)c(C#N)c1-c1ccc(OCc2cccc(Cl)c2)cc1. The van der Waals surface area contributed by atoms with Crippen LogP contribution < -0.4 is 16.0 Å². The molecule has 0 atom stereocenters. The van der Waals surface area contributed by atoms with Gasteiger partial charge in [0.1, 0.15) is 41.4 Å². The average Bonchev–Trinajstić information content (AvgIpc) is 2.66. The number of anilines is 1. The van der Waals surface area contributed by atoms with Gasteiger partial charge in [-0.25, -0.2) is 0 Å². The van der Waals surface area contributed by atoms with Gasteiger partial charge in [-0.15, -0.1) is 0 Å². The van der Waals surface area contributed by atoms with Crippen molar-refractivity contribution in [1.82, 2.24) is 4.98 Å². The monoisotopic (exact) mass is 376 g/mol. The Morgan fingerprint density at radius 1 is 1.07 bits per heavy atom. The number of rotatable bonds is 4. The summed E-state index contributed by atoms with van der Waals surface area (Å²) in [6, 6.07) is 17.8. The van der Waals surface area contributed by atoms with Gasteiger partial charge in [-0.05, 0) is 35.4 Å². The molecule has 1 heterocycles. The van der Waals surface area contributed by atoms with Gasteiger partial charge in [-0.1, -0.05) is 35.9 Å². The molecule has 0 aliphatic carbocycles. The van der Waals surface area contributed by atoms with Crippen LogP contribution in [0.3, 0.4) is 0 Å². The molecule has 3 aromatic rings. The molecule has 0 saturated carbocycles. The number of nitrogens with two attached hydrogens (primary N) is 1. The Morgan fingerprint density at radius 2 is 1.78 bits per heavy atom. The molecule has 0 amide bonds. The fourth-order valence-corrected chi connectivity index (χ4v) is 2.86. The van der Waals surface area contributed by atoms with Crippen LogP contribution in [-0.4, -0.2) is 4.98 Å². The molecule has 3 N–H and O–H groups in total. The highest BCUT2D eigenvalue weighted by molar-refractivity contribution is 6.30. The summed E-state index contributed by atoms with van der Waals surface area (Å²) in [4.78, 5) is 14.3. The fourth-order valence-electron chi connectivity index (χ4n) is 2.64. The maximum Gasteiger partial charge on any atom is 0.268 e. The minimum atomic E-state index is -0.634. The van der Waals surface area contributed by atoms with Crippen LogP contribution in [0.15, 0.2) is 53.3 Å². The molecule has 2 aromatic carbocycles. The van der Waals surface area contributed by atoms with Crippen LogP contribution in [0.1, 0.15) is 16.7 Å². The summed E-state index contributed by atoms with van der Waals surface area (Å²) in [5, 5.41) is 19.3. The number of H-pyrrole nitrogens is 1. The zero-order chi connectivity index (χ0) is 19.4. The van der Waals surface area contributed by atoms with E-state index in [1.807, 2.05) is 30.3 Å². The summed E-state index contributed by atoms with van der Waals surface area (Å²) in [6.45, 7) is 0.338. The highest BCUT2D eigenvalue weighted by atomic mass is 35.5. The van der Waals surface area contributed by atoms with E-state index in [1.165, 1.54) is 0 Å². The standard InChI is InChI=1S/C20H13ClN4O2/c21-14-3-1-2-12(8-14)11-27-15-6-4-13(5-7-15)18-16(9-22)19(24)25-20(26)17(18)10-23/h1-8H,11H2,(H3,24,25,26). The van der Waals surface area contributed by atoms with Crippen molar-refractivity contribution >= 4 is 17.4 Å². The number of nitrogen functional groups attached to an aromatic ring is 1. The van der Waals surface area contributed by atoms with E-state index in [-0.39, 0.29) is 22.5 Å². The third-order valence-electron chi connectivity index (χ3n) is 3.91. The second kappa shape index (κ2) is 7.65. The predicted octanol–water partition coefficient (Wildman–Crippen LogP) is 3.60. The Morgan fingerprint density at radius 3 is 2.41 bits per heavy atom. The number of aromatic nitrogens is 1. The maximum absolute atomic E-state index is 12.0. The van der Waals surface area contributed by atoms with Crippen LogP contribution in [0, 0.1) is 22.7 Å². The first kappa shape index (κ1) is 18.1. The number of pyridine rings is 1. The van der Waals surface area contributed by atoms with Crippen molar-refractivity contribution in [3.05, 3.63) is 80.6 Å². The van der Waals surface area contributed by atoms with Gasteiger partial charge in [0.15, 0.2) is 0 Å². The third kappa shape index (κ3) is 3.77. The normalized spacial score (nSPS) is 10.0. The average molecular weight is 377 g/mol. The quantitative estimate of drug-likeness (QED) is 0.721. The van der Waals surface area contributed by atoms with Gasteiger partial charge in [-0.2, -0.15) is 10.5 Å². The van der Waals surface area contributed by atoms with Crippen molar-refractivity contribution in [2.45, 2.75) is 6.61 Å². The van der Waals surface area contributed by atoms with E-state index in [9.17, 15) is 15.3 Å². The van der Waals surface area contributed by atoms with Gasteiger partial charge in [0, 0.05) is 10.6 Å². The van der Waals surface area contributed by atoms with Crippen molar-refractivity contribution < 1.29 is 4.74 Å². The van der Waals surface area contributed by atoms with Crippen molar-refractivity contribution in [2.24, 2.45) is 0 Å². The molecule has 0 aliphatic heterocycles. The number of nitriles is 2. The zero-order valence-electron chi connectivity index (χ0n) is 14.0. The Bertz CT molecular complexity index is 1140. The highest BCUT2D eigenvalue weighted by Gasteiger charge is 2.18. The van der Waals surface area contributed by atoms with Crippen molar-refractivity contribution in [2.75, 3.05) is 5.73 Å². The number of halogens is 1. The Hall–Kier alpha value is -3.74. The summed E-state index contributed by atoms with van der Waals surface area (Å²) < 4.78 is 5.72. The molecule has 0 unspecified atom stereocenters. The lowest BCUT2D eigenvalue weighted by Gasteiger charge is -2.10. The predicted molar refractivity (Wildman–Crippen MR) is 102 cm³/mol. The smallest absolute Gasteiger partial charge is 0.268 e. The zero-order valence-corrected chi connectivity index (χ0v) is 14.7. The Kier molecular flexibility index (Phi) is 5.12. The number of nitrogens with one attached hydrogen (secondary N) is 1. The van der Waals surface area contributed by atoms with Crippen LogP contribution in [-0.2, 0) is 6.61 Å². The van der Waals surface area contributed by atoms with Gasteiger partial charge in [0.2, 0.25) is 0 Å². The van der Waals surface area contributed by atoms with E-state index in [2.05, 4.69) is 4.98 Å². The van der Waals surface area contributed by atoms with Gasteiger partial charge >= 0.3 is 0 Å². The summed E-state index contributed by atoms with van der Waals surface area (Å²) in [7, 11) is 0. The van der Waals surface area contributed by atoms with E-state index in [0.717, 1.165) is 5.56 Å². The van der Waals surface area contributed by atoms with Crippen molar-refractivity contribution in [1.29, 1.82) is 10.5 Å². The Balaban J connectivity index is 1.91. The number of nitrogens with zero attached hydrogens (tertiary/aromatic N) is 2. The number of hydrogen-bond donors (Lipinski definition) is 2. The molecule has 0 saturated heterocycles. The van der Waals surface area contributed by atoms with Gasteiger partial charge in [0.05, 0.1) is 0 Å². The van der Waals surface area contributed by atoms with Gasteiger partial charge in [-0.3, -0.25) is 4.79 Å². The number of ether oxygens (including phenoxy) is 1. The van der Waals surface area contributed by atoms with Crippen molar-refractivity contribution in [3.8, 4) is 29.0 Å². The second-order valence-electron chi connectivity index (χ2n) is 5.66. The number of hydrogen-bond acceptors (Lipinski definition) is 5. The van der Waals surface area contributed by atoms with E-state index in [4.69, 9.17) is 22.1 Å². The van der Waals surface area contributed by atoms with Crippen LogP contribution in [0.2, 0.25) is 5.02 Å². The molecule has 0 radical (unpaired) electrons. The molecule has 3 rings (SSSR count). The van der Waals surface area contributed by atoms with Crippen molar-refractivity contribution in [3.63, 3.8) is 0 Å². The molecule has 7 heteroatoms. The molecule has 0 spiro atoms. The lowest BCUT2D eigenvalue weighted by molar-refractivity contribution is 0.306. The molecule has 0 fully saturated rings. The van der Waals surface area contributed by atoms with E-state index < -0.39 is 5.56 Å². The molecule has 6 nitrogen and oxygen atoms in total. The van der Waals surface area contributed by atoms with Gasteiger partial charge in [0.25, 0.3) is 5.56 Å². The second-order valence-corrected chi connectivity index (χ2v) is 6.10. The number of benzene rings is 2. The molecule has 27 heavy (non-hydrogen) atoms. The molecule has 0 aliphatic rings. The molecular weight excluding hydrogens is 364 g/mol. The molecule has 0 bridgehead atoms. The maximum atomic E-state index is 12.0. The van der Waals surface area contributed by atoms with E-state index in [0.29, 0.717) is 22.9 Å². The fraction of sp³-hybridized carbons (Fsp3) is 0.0500. The van der Waals surface area contributed by atoms with Crippen LogP contribution in [0.4, 0.5) is 5.82 Å². The summed E-state index contributed by atoms with van der Waals surface area (Å²) in [5.74, 6) is 0.520. The topological polar surface area (TPSA) is 116 Å². The summed E-state index contributed by atoms with van der Waals surface area (Å²) in [6.07, 6.45) is 0. The summed E-state index contributed by atoms with van der Waals surface area (Å²) >= 11 is 5.95. The molecule has 1 aromatic heterocycles. The minimum absolute atomic E-state index is 0.0544. The first-order valence-electron chi connectivity index (χ1n) is 7.87. The lowest BCUT2D eigenvalue weighted by atomic mass is 9.96. The highest BCUT2D eigenvalue weighted by Crippen LogP contribution is 2.29. The van der Waals surface area contributed by atoms with Crippen LogP contribution in [0.5, 0.6) is 5.75 Å². The number of aromatic amines is 1. The van der Waals surface area contributed by atoms with Gasteiger partial charge < -0.3 is 15.5 Å². The minimum Gasteiger partial charge on any atom is -0.489 e. The largest absolute Gasteiger partial charge is 0.489 e. The lowest BCUT2D eigenvalue weighted by Crippen LogP contribution is -2.16. The summed E-state index contributed by atoms with van der Waals surface area (Å²) in [5.41, 5.74) is 6.64. The van der Waals surface area contributed by atoms with E-state index >= 15 is 0 Å². The van der Waals surface area contributed by atoms with E-state index in [1.54, 1.807) is 30.3 Å². The first-order chi connectivity index (χ1) is 13.0. The first-order valence-corrected chi connectivity index (χ1v) is 8.25. The molecular formula is C20H13ClN4O2.